The lowest BCUT2D eigenvalue weighted by Gasteiger charge is -2.02. The summed E-state index contributed by atoms with van der Waals surface area (Å²) in [5.41, 5.74) is 0.404. The molecule has 4 aromatic rings. The quantitative estimate of drug-likeness (QED) is 0.119. The van der Waals surface area contributed by atoms with Gasteiger partial charge >= 0.3 is 5.69 Å². The van der Waals surface area contributed by atoms with Gasteiger partial charge in [0.2, 0.25) is 11.3 Å². The van der Waals surface area contributed by atoms with E-state index in [0.29, 0.717) is 22.9 Å². The van der Waals surface area contributed by atoms with Crippen LogP contribution in [-0.4, -0.2) is 89.2 Å². The maximum Gasteiger partial charge on any atom is 0.330 e. The molecule has 0 aliphatic carbocycles. The van der Waals surface area contributed by atoms with E-state index in [1.165, 1.54) is 19.4 Å². The number of carbonyl (C=O) groups excluding carboxylic acids is 2. The van der Waals surface area contributed by atoms with E-state index in [2.05, 4.69) is 41.9 Å². The zero-order valence-electron chi connectivity index (χ0n) is 37.8. The minimum absolute atomic E-state index is 0.0394. The van der Waals surface area contributed by atoms with E-state index in [1.54, 1.807) is 60.0 Å². The second-order valence-corrected chi connectivity index (χ2v) is 17.7. The Labute approximate surface area is 368 Å². The molecule has 2 unspecified atom stereocenters. The lowest BCUT2D eigenvalue weighted by molar-refractivity contribution is -0.122. The van der Waals surface area contributed by atoms with Gasteiger partial charge in [-0.2, -0.15) is 4.37 Å². The minimum Gasteiger partial charge on any atom is -0.508 e. The molecule has 4 aromatic heterocycles. The first-order valence-corrected chi connectivity index (χ1v) is 22.5. The summed E-state index contributed by atoms with van der Waals surface area (Å²) in [5, 5.41) is 31.4. The third-order valence-electron chi connectivity index (χ3n) is 6.46. The Morgan fingerprint density at radius 3 is 1.71 bits per heavy atom. The monoisotopic (exact) mass is 925 g/mol. The lowest BCUT2D eigenvalue weighted by atomic mass is 10.3. The number of aromatic amines is 2. The average molecular weight is 926 g/mol. The smallest absolute Gasteiger partial charge is 0.330 e. The molecule has 1 saturated heterocycles. The zero-order valence-corrected chi connectivity index (χ0v) is 39.5. The van der Waals surface area contributed by atoms with Crippen LogP contribution in [0.1, 0.15) is 57.5 Å². The van der Waals surface area contributed by atoms with Gasteiger partial charge in [0.25, 0.3) is 17.0 Å². The predicted molar refractivity (Wildman–Crippen MR) is 241 cm³/mol. The van der Waals surface area contributed by atoms with Crippen LogP contribution in [0.2, 0.25) is 0 Å². The summed E-state index contributed by atoms with van der Waals surface area (Å²) in [6, 6.07) is 0.932. The van der Waals surface area contributed by atoms with Crippen LogP contribution in [0.25, 0.3) is 0 Å². The molecule has 0 saturated carbocycles. The maximum atomic E-state index is 10.7. The number of nitrogens with one attached hydrogen (secondary N) is 4. The second kappa shape index (κ2) is 29.6. The Kier molecular flexibility index (Phi) is 27.4. The molecule has 1 fully saturated rings. The highest BCUT2D eigenvalue weighted by Gasteiger charge is 2.22. The fourth-order valence-corrected chi connectivity index (χ4v) is 3.96. The molecule has 0 radical (unpaired) electrons. The molecule has 21 nitrogen and oxygen atoms in total. The van der Waals surface area contributed by atoms with E-state index >= 15 is 0 Å². The first-order chi connectivity index (χ1) is 29.1. The highest BCUT2D eigenvalue weighted by atomic mass is 32.1. The van der Waals surface area contributed by atoms with Gasteiger partial charge in [-0.3, -0.25) is 43.2 Å². The number of aliphatic hydroxyl groups is 1. The summed E-state index contributed by atoms with van der Waals surface area (Å²) in [5.74, 6) is 2.00. The van der Waals surface area contributed by atoms with Crippen LogP contribution in [0.5, 0.6) is 11.6 Å². The summed E-state index contributed by atoms with van der Waals surface area (Å²) in [4.78, 5) is 68.6. The maximum absolute atomic E-state index is 10.7. The van der Waals surface area contributed by atoms with Crippen LogP contribution in [0, 0.1) is 27.7 Å². The van der Waals surface area contributed by atoms with Crippen molar-refractivity contribution in [1.82, 2.24) is 33.9 Å². The topological polar surface area (TPSA) is 311 Å². The molecule has 3 aliphatic heterocycles. The molecule has 2 amide bonds. The molecular weight excluding hydrogens is 866 g/mol. The predicted octanol–water partition coefficient (Wildman–Crippen LogP) is 4.55. The highest BCUT2D eigenvalue weighted by Crippen LogP contribution is 2.28. The van der Waals surface area contributed by atoms with Gasteiger partial charge in [0, 0.05) is 50.0 Å². The van der Waals surface area contributed by atoms with Gasteiger partial charge in [-0.25, -0.2) is 9.78 Å². The van der Waals surface area contributed by atoms with E-state index < -0.39 is 18.4 Å². The number of rotatable bonds is 0. The molecule has 23 heteroatoms. The Morgan fingerprint density at radius 1 is 0.905 bits per heavy atom. The van der Waals surface area contributed by atoms with Crippen molar-refractivity contribution in [1.29, 1.82) is 0 Å². The number of hydrogen-bond donors (Lipinski definition) is 7. The molecule has 7 heterocycles. The van der Waals surface area contributed by atoms with Gasteiger partial charge in [-0.15, -0.1) is 0 Å². The first-order valence-electron chi connectivity index (χ1n) is 18.7. The molecule has 0 spiro atoms. The molecular formula is C40H60N7O14PS. The van der Waals surface area contributed by atoms with E-state index in [4.69, 9.17) is 29.2 Å². The summed E-state index contributed by atoms with van der Waals surface area (Å²) in [6.07, 6.45) is 6.59. The second-order valence-electron chi connectivity index (χ2n) is 13.4. The van der Waals surface area contributed by atoms with Crippen LogP contribution in [0.4, 0.5) is 0 Å². The summed E-state index contributed by atoms with van der Waals surface area (Å²) >= 11 is 1.08. The van der Waals surface area contributed by atoms with Crippen molar-refractivity contribution < 1.29 is 47.8 Å². The van der Waals surface area contributed by atoms with E-state index in [9.17, 15) is 33.3 Å². The van der Waals surface area contributed by atoms with Gasteiger partial charge in [0.15, 0.2) is 35.6 Å². The molecule has 7 rings (SSSR count). The van der Waals surface area contributed by atoms with Crippen molar-refractivity contribution in [2.24, 2.45) is 7.05 Å². The van der Waals surface area contributed by atoms with Crippen molar-refractivity contribution in [2.75, 3.05) is 26.5 Å². The molecule has 2 atom stereocenters. The fourth-order valence-electron chi connectivity index (χ4n) is 3.46. The zero-order chi connectivity index (χ0) is 49.2. The highest BCUT2D eigenvalue weighted by molar-refractivity contribution is 7.61. The number of nitrogens with zero attached hydrogens (tertiary/aromatic N) is 3. The van der Waals surface area contributed by atoms with Crippen LogP contribution in [-0.2, 0) is 30.7 Å². The fraction of sp³-hybridized carbons (Fsp3) is 0.400. The minimum atomic E-state index is -1.64. The van der Waals surface area contributed by atoms with Gasteiger partial charge in [0.05, 0.1) is 25.7 Å². The van der Waals surface area contributed by atoms with E-state index in [-0.39, 0.29) is 52.4 Å². The Morgan fingerprint density at radius 2 is 1.49 bits per heavy atom. The van der Waals surface area contributed by atoms with E-state index in [1.807, 2.05) is 39.6 Å². The molecule has 0 aromatic carbocycles. The Balaban J connectivity index is 0. The van der Waals surface area contributed by atoms with Gasteiger partial charge in [0.1, 0.15) is 29.2 Å². The third-order valence-corrected chi connectivity index (χ3v) is 7.11. The van der Waals surface area contributed by atoms with Gasteiger partial charge in [-0.1, -0.05) is 20.4 Å². The van der Waals surface area contributed by atoms with Crippen molar-refractivity contribution in [3.63, 3.8) is 0 Å². The number of oxazole rings is 1. The molecule has 0 bridgehead atoms. The van der Waals surface area contributed by atoms with Crippen molar-refractivity contribution in [2.45, 2.75) is 74.5 Å². The number of hydrogen-bond acceptors (Lipinski definition) is 17. The number of allylic oxidation sites excluding steroid dienone is 1. The Bertz CT molecular complexity index is 2390. The van der Waals surface area contributed by atoms with Gasteiger partial charge in [-0.05, 0) is 73.7 Å². The van der Waals surface area contributed by atoms with Crippen molar-refractivity contribution in [3.8, 4) is 11.6 Å². The lowest BCUT2D eigenvalue weighted by Crippen LogP contribution is -2.26. The summed E-state index contributed by atoms with van der Waals surface area (Å²) in [6.45, 7) is 29.2. The number of H-pyrrole nitrogens is 2. The number of carbonyl (C=O) groups is 2. The number of ether oxygens (including phenoxy) is 2. The van der Waals surface area contributed by atoms with Crippen LogP contribution >= 0.6 is 18.9 Å². The van der Waals surface area contributed by atoms with Gasteiger partial charge < -0.3 is 43.5 Å². The van der Waals surface area contributed by atoms with Crippen LogP contribution < -0.4 is 32.9 Å². The Hall–Kier alpha value is -6.67. The largest absolute Gasteiger partial charge is 0.508 e. The summed E-state index contributed by atoms with van der Waals surface area (Å²) in [7, 11) is -0.284. The van der Waals surface area contributed by atoms with E-state index in [0.717, 1.165) is 52.4 Å². The van der Waals surface area contributed by atoms with Crippen molar-refractivity contribution in [3.05, 3.63) is 137 Å². The van der Waals surface area contributed by atoms with Crippen molar-refractivity contribution >= 4 is 30.7 Å². The standard InChI is InChI=1S/C6H6O3.C6H8O2.C5H6N2O3.C5H7NO2.2C5H7NO.C3H4N2OS.C3H9OP.C2H6/c1-4-2-9-3-5(7)6(4)8;1-4-3-6(7)5(2)8-4;1-7-4(9)2-3(8)6-5(7)10;1-3-5(7)6-4(2)8-3;1-4-3-6-5(2)7-4;1-4-2-5(7)6-3-4;1-2-3(6)5-7-4-2;1-5(2,3)4;1-2/h2-3,7H,1H3;3,5,7H,1H2,2H3;2,9H,1H3,(H,6,8,10);3H,2H2,1H3,(H,6,7);3H,1-2H3;2H,3H2,1H3,(H,6,7);1H3,(H,5,6);1-3H3;1-2H3. The number of aromatic hydroxyl groups is 2. The van der Waals surface area contributed by atoms with Crippen LogP contribution in [0.15, 0.2) is 101 Å². The molecule has 350 valence electrons. The number of aliphatic hydroxyl groups excluding tert-OH is 1. The first kappa shape index (κ1) is 58.4. The third kappa shape index (κ3) is 27.7. The average Bonchev–Trinajstić information content (AvgIpc) is 4.00. The number of aryl methyl sites for hydroxylation is 4. The van der Waals surface area contributed by atoms with Crippen LogP contribution in [0.3, 0.4) is 0 Å². The molecule has 3 aliphatic rings. The number of amides is 2. The molecule has 7 N–H and O–H groups in total. The SMILES string of the molecule is C=C1C=C(O)C(C)O1.C=C1NC(=O)C(C)O1.CC.CC1=CC(=O)NC1.CP(C)(C)=O.Cc1cnc(C)o1.Cc1cocc(O)c1=O.Cc1ns[nH]c1=O.Cn1c(O)cc(=O)[nH]c1=O. The number of aromatic nitrogens is 5. The normalized spacial score (nSPS) is 15.1. The summed E-state index contributed by atoms with van der Waals surface area (Å²) < 4.78 is 36.6. The molecule has 63 heavy (non-hydrogen) atoms.